The number of nitrogens with zero attached hydrogens (tertiary/aromatic N) is 6. The quantitative estimate of drug-likeness (QED) is 0.714. The number of aryl methyl sites for hydroxylation is 1. The molecule has 1 amide bonds. The third-order valence-corrected chi connectivity index (χ3v) is 4.05. The molecule has 1 aliphatic rings. The van der Waals surface area contributed by atoms with E-state index in [9.17, 15) is 4.79 Å². The van der Waals surface area contributed by atoms with Gasteiger partial charge < -0.3 is 14.0 Å². The Bertz CT molecular complexity index is 885. The molecule has 1 aliphatic heterocycles. The Morgan fingerprint density at radius 1 is 1.33 bits per heavy atom. The molecule has 0 bridgehead atoms. The summed E-state index contributed by atoms with van der Waals surface area (Å²) in [5, 5.41) is 12.3. The highest BCUT2D eigenvalue weighted by molar-refractivity contribution is 5.92. The van der Waals surface area contributed by atoms with Crippen molar-refractivity contribution in [3.8, 4) is 11.5 Å². The number of rotatable bonds is 2. The Kier molecular flexibility index (Phi) is 3.37. The van der Waals surface area contributed by atoms with E-state index in [1.807, 2.05) is 29.7 Å². The lowest BCUT2D eigenvalue weighted by Crippen LogP contribution is -2.40. The normalized spacial score (nSPS) is 16.9. The molecule has 3 aromatic heterocycles. The Hall–Kier alpha value is -3.03. The fraction of sp³-hybridized carbons (Fsp3) is 0.312. The molecule has 0 saturated heterocycles. The SMILES string of the molecule is Cc1cc(C(=O)N2Cc3nnc(-c4ccccn4)n3[C@@H](C)C2)no1. The molecule has 1 atom stereocenters. The minimum Gasteiger partial charge on any atom is -0.361 e. The van der Waals surface area contributed by atoms with Gasteiger partial charge >= 0.3 is 0 Å². The van der Waals surface area contributed by atoms with E-state index in [2.05, 4.69) is 20.3 Å². The molecule has 0 unspecified atom stereocenters. The molecular formula is C16H16N6O2. The van der Waals surface area contributed by atoms with Crippen molar-refractivity contribution in [2.45, 2.75) is 26.4 Å². The topological polar surface area (TPSA) is 89.9 Å². The van der Waals surface area contributed by atoms with E-state index in [1.165, 1.54) is 0 Å². The van der Waals surface area contributed by atoms with Crippen LogP contribution >= 0.6 is 0 Å². The summed E-state index contributed by atoms with van der Waals surface area (Å²) in [5.41, 5.74) is 1.09. The van der Waals surface area contributed by atoms with Crippen molar-refractivity contribution in [2.75, 3.05) is 6.54 Å². The van der Waals surface area contributed by atoms with Gasteiger partial charge in [-0.3, -0.25) is 9.78 Å². The number of amides is 1. The predicted molar refractivity (Wildman–Crippen MR) is 83.9 cm³/mol. The van der Waals surface area contributed by atoms with Crippen LogP contribution in [0.5, 0.6) is 0 Å². The Labute approximate surface area is 138 Å². The molecule has 0 N–H and O–H groups in total. The van der Waals surface area contributed by atoms with E-state index >= 15 is 0 Å². The van der Waals surface area contributed by atoms with Crippen LogP contribution < -0.4 is 0 Å². The van der Waals surface area contributed by atoms with Crippen molar-refractivity contribution in [3.63, 3.8) is 0 Å². The number of carbonyl (C=O) groups excluding carboxylic acids is 1. The molecule has 0 fully saturated rings. The monoisotopic (exact) mass is 324 g/mol. The number of aromatic nitrogens is 5. The molecule has 8 nitrogen and oxygen atoms in total. The van der Waals surface area contributed by atoms with Gasteiger partial charge in [-0.15, -0.1) is 10.2 Å². The predicted octanol–water partition coefficient (Wildman–Crippen LogP) is 1.85. The zero-order valence-electron chi connectivity index (χ0n) is 13.4. The Balaban J connectivity index is 1.65. The fourth-order valence-corrected chi connectivity index (χ4v) is 2.98. The molecule has 0 aliphatic carbocycles. The van der Waals surface area contributed by atoms with Gasteiger partial charge in [-0.1, -0.05) is 11.2 Å². The summed E-state index contributed by atoms with van der Waals surface area (Å²) >= 11 is 0. The summed E-state index contributed by atoms with van der Waals surface area (Å²) in [4.78, 5) is 18.6. The molecule has 0 saturated carbocycles. The number of hydrogen-bond acceptors (Lipinski definition) is 6. The van der Waals surface area contributed by atoms with E-state index < -0.39 is 0 Å². The highest BCUT2D eigenvalue weighted by Gasteiger charge is 2.31. The van der Waals surface area contributed by atoms with Crippen molar-refractivity contribution in [1.82, 2.24) is 29.8 Å². The maximum atomic E-state index is 12.6. The van der Waals surface area contributed by atoms with Crippen molar-refractivity contribution < 1.29 is 9.32 Å². The van der Waals surface area contributed by atoms with Crippen LogP contribution in [-0.4, -0.2) is 42.3 Å². The van der Waals surface area contributed by atoms with Crippen LogP contribution in [0, 0.1) is 6.92 Å². The summed E-state index contributed by atoms with van der Waals surface area (Å²) in [5.74, 6) is 1.92. The number of carbonyl (C=O) groups is 1. The van der Waals surface area contributed by atoms with Gasteiger partial charge in [-0.2, -0.15) is 0 Å². The van der Waals surface area contributed by atoms with Crippen molar-refractivity contribution in [1.29, 1.82) is 0 Å². The van der Waals surface area contributed by atoms with Crippen LogP contribution in [0.3, 0.4) is 0 Å². The van der Waals surface area contributed by atoms with E-state index in [-0.39, 0.29) is 11.9 Å². The fourth-order valence-electron chi connectivity index (χ4n) is 2.98. The van der Waals surface area contributed by atoms with Gasteiger partial charge in [-0.05, 0) is 26.0 Å². The molecule has 0 aromatic carbocycles. The maximum absolute atomic E-state index is 12.6. The van der Waals surface area contributed by atoms with E-state index in [4.69, 9.17) is 4.52 Å². The first kappa shape index (κ1) is 14.6. The summed E-state index contributed by atoms with van der Waals surface area (Å²) < 4.78 is 7.04. The summed E-state index contributed by atoms with van der Waals surface area (Å²) in [6.07, 6.45) is 1.73. The lowest BCUT2D eigenvalue weighted by Gasteiger charge is -2.32. The van der Waals surface area contributed by atoms with Crippen LogP contribution in [0.1, 0.15) is 35.0 Å². The number of fused-ring (bicyclic) bond motifs is 1. The van der Waals surface area contributed by atoms with Crippen LogP contribution in [0.2, 0.25) is 0 Å². The molecule has 3 aromatic rings. The first-order chi connectivity index (χ1) is 11.6. The smallest absolute Gasteiger partial charge is 0.276 e. The zero-order chi connectivity index (χ0) is 16.7. The lowest BCUT2D eigenvalue weighted by molar-refractivity contribution is 0.0671. The first-order valence-corrected chi connectivity index (χ1v) is 7.71. The molecule has 0 spiro atoms. The van der Waals surface area contributed by atoms with Crippen LogP contribution in [0.4, 0.5) is 0 Å². The summed E-state index contributed by atoms with van der Waals surface area (Å²) in [6.45, 7) is 4.73. The minimum atomic E-state index is -0.160. The largest absolute Gasteiger partial charge is 0.361 e. The summed E-state index contributed by atoms with van der Waals surface area (Å²) in [7, 11) is 0. The van der Waals surface area contributed by atoms with Gasteiger partial charge in [0.05, 0.1) is 12.6 Å². The highest BCUT2D eigenvalue weighted by atomic mass is 16.5. The van der Waals surface area contributed by atoms with Crippen molar-refractivity contribution >= 4 is 5.91 Å². The molecule has 122 valence electrons. The minimum absolute atomic E-state index is 0.0395. The van der Waals surface area contributed by atoms with Crippen LogP contribution in [0.15, 0.2) is 35.0 Å². The molecule has 4 heterocycles. The number of hydrogen-bond donors (Lipinski definition) is 0. The lowest BCUT2D eigenvalue weighted by atomic mass is 10.2. The Morgan fingerprint density at radius 2 is 2.21 bits per heavy atom. The van der Waals surface area contributed by atoms with E-state index in [0.29, 0.717) is 24.5 Å². The molecule has 24 heavy (non-hydrogen) atoms. The van der Waals surface area contributed by atoms with Gasteiger partial charge in [0.25, 0.3) is 5.91 Å². The average molecular weight is 324 g/mol. The van der Waals surface area contributed by atoms with Gasteiger partial charge in [0.15, 0.2) is 17.3 Å². The zero-order valence-corrected chi connectivity index (χ0v) is 13.4. The van der Waals surface area contributed by atoms with Gasteiger partial charge in [-0.25, -0.2) is 0 Å². The van der Waals surface area contributed by atoms with Crippen LogP contribution in [-0.2, 0) is 6.54 Å². The van der Waals surface area contributed by atoms with E-state index in [0.717, 1.165) is 17.3 Å². The van der Waals surface area contributed by atoms with Crippen LogP contribution in [0.25, 0.3) is 11.5 Å². The molecular weight excluding hydrogens is 308 g/mol. The third-order valence-electron chi connectivity index (χ3n) is 4.05. The number of pyridine rings is 1. The molecule has 0 radical (unpaired) electrons. The maximum Gasteiger partial charge on any atom is 0.276 e. The standard InChI is InChI=1S/C16H16N6O2/c1-10-8-21(16(23)13-7-11(2)24-20-13)9-14-18-19-15(22(10)14)12-5-3-4-6-17-12/h3-7,10H,8-9H2,1-2H3/t10-/m0/s1. The third kappa shape index (κ3) is 2.36. The van der Waals surface area contributed by atoms with Crippen molar-refractivity contribution in [3.05, 3.63) is 47.7 Å². The highest BCUT2D eigenvalue weighted by Crippen LogP contribution is 2.27. The first-order valence-electron chi connectivity index (χ1n) is 7.71. The van der Waals surface area contributed by atoms with Crippen molar-refractivity contribution in [2.24, 2.45) is 0 Å². The average Bonchev–Trinajstić information content (AvgIpc) is 3.21. The van der Waals surface area contributed by atoms with Gasteiger partial charge in [0.1, 0.15) is 11.5 Å². The summed E-state index contributed by atoms with van der Waals surface area (Å²) in [6, 6.07) is 7.37. The Morgan fingerprint density at radius 3 is 2.92 bits per heavy atom. The molecule has 8 heteroatoms. The second-order valence-corrected chi connectivity index (χ2v) is 5.88. The molecule has 4 rings (SSSR count). The van der Waals surface area contributed by atoms with Gasteiger partial charge in [0.2, 0.25) is 0 Å². The van der Waals surface area contributed by atoms with E-state index in [1.54, 1.807) is 24.1 Å². The van der Waals surface area contributed by atoms with Gasteiger partial charge in [0, 0.05) is 18.8 Å². The second-order valence-electron chi connectivity index (χ2n) is 5.88. The second kappa shape index (κ2) is 5.55.